The lowest BCUT2D eigenvalue weighted by Crippen LogP contribution is -2.50. The molecule has 10 heteroatoms. The van der Waals surface area contributed by atoms with Gasteiger partial charge in [0.2, 0.25) is 0 Å². The van der Waals surface area contributed by atoms with E-state index in [9.17, 15) is 10.1 Å². The zero-order valence-electron chi connectivity index (χ0n) is 17.4. The Bertz CT molecular complexity index is 641. The lowest BCUT2D eigenvalue weighted by atomic mass is 10.2. The molecule has 0 radical (unpaired) electrons. The highest BCUT2D eigenvalue weighted by Gasteiger charge is 2.21. The number of non-ortho nitro benzene ring substituents is 1. The van der Waals surface area contributed by atoms with Crippen LogP contribution in [0, 0.1) is 16.0 Å². The molecule has 1 unspecified atom stereocenters. The van der Waals surface area contributed by atoms with Gasteiger partial charge in [-0.05, 0) is 18.1 Å². The Kier molecular flexibility index (Phi) is 11.9. The summed E-state index contributed by atoms with van der Waals surface area (Å²) in [6, 6.07) is 6.38. The van der Waals surface area contributed by atoms with Crippen LogP contribution in [0.3, 0.4) is 0 Å². The predicted molar refractivity (Wildman–Crippen MR) is 127 cm³/mol. The van der Waals surface area contributed by atoms with Crippen molar-refractivity contribution in [1.29, 1.82) is 0 Å². The molecule has 1 fully saturated rings. The SMILES string of the molecule is CN=C(NCCNc1ccc([N+](=O)[O-])cc1)NCC1CN(CC(C)C)CCO1.I. The van der Waals surface area contributed by atoms with Crippen molar-refractivity contribution in [3.63, 3.8) is 0 Å². The van der Waals surface area contributed by atoms with E-state index in [1.807, 2.05) is 0 Å². The number of morpholine rings is 1. The van der Waals surface area contributed by atoms with Crippen molar-refractivity contribution in [3.8, 4) is 0 Å². The van der Waals surface area contributed by atoms with Gasteiger partial charge in [-0.3, -0.25) is 20.0 Å². The molecule has 1 atom stereocenters. The number of nitrogens with zero attached hydrogens (tertiary/aromatic N) is 3. The minimum Gasteiger partial charge on any atom is -0.383 e. The zero-order valence-corrected chi connectivity index (χ0v) is 19.7. The topological polar surface area (TPSA) is 104 Å². The molecule has 1 heterocycles. The molecule has 1 aliphatic heterocycles. The number of guanidine groups is 1. The molecule has 3 N–H and O–H groups in total. The van der Waals surface area contributed by atoms with Crippen LogP contribution in [0.1, 0.15) is 13.8 Å². The summed E-state index contributed by atoms with van der Waals surface area (Å²) in [4.78, 5) is 16.9. The molecule has 0 bridgehead atoms. The Morgan fingerprint density at radius 1 is 1.31 bits per heavy atom. The molecule has 1 aromatic rings. The first-order chi connectivity index (χ1) is 13.5. The molecule has 29 heavy (non-hydrogen) atoms. The molecular formula is C19H33IN6O3. The van der Waals surface area contributed by atoms with Crippen LogP contribution in [0.4, 0.5) is 11.4 Å². The van der Waals surface area contributed by atoms with Gasteiger partial charge in [0.1, 0.15) is 0 Å². The molecular weight excluding hydrogens is 487 g/mol. The molecule has 1 aromatic carbocycles. The van der Waals surface area contributed by atoms with Crippen molar-refractivity contribution >= 4 is 41.3 Å². The first-order valence-corrected chi connectivity index (χ1v) is 9.74. The Labute approximate surface area is 189 Å². The van der Waals surface area contributed by atoms with Gasteiger partial charge in [0.15, 0.2) is 5.96 Å². The molecule has 2 rings (SSSR count). The van der Waals surface area contributed by atoms with E-state index in [4.69, 9.17) is 4.74 Å². The Morgan fingerprint density at radius 2 is 2.03 bits per heavy atom. The predicted octanol–water partition coefficient (Wildman–Crippen LogP) is 2.15. The van der Waals surface area contributed by atoms with Crippen molar-refractivity contribution in [1.82, 2.24) is 15.5 Å². The average molecular weight is 520 g/mol. The number of rotatable bonds is 9. The minimum absolute atomic E-state index is 0. The van der Waals surface area contributed by atoms with Gasteiger partial charge in [0, 0.05) is 64.1 Å². The summed E-state index contributed by atoms with van der Waals surface area (Å²) in [5.74, 6) is 1.39. The second-order valence-corrected chi connectivity index (χ2v) is 7.26. The maximum Gasteiger partial charge on any atom is 0.269 e. The van der Waals surface area contributed by atoms with Crippen molar-refractivity contribution in [2.75, 3.05) is 58.2 Å². The van der Waals surface area contributed by atoms with Gasteiger partial charge in [0.05, 0.1) is 17.6 Å². The lowest BCUT2D eigenvalue weighted by molar-refractivity contribution is -0.384. The number of halogens is 1. The summed E-state index contributed by atoms with van der Waals surface area (Å²) >= 11 is 0. The molecule has 0 spiro atoms. The fourth-order valence-corrected chi connectivity index (χ4v) is 3.11. The van der Waals surface area contributed by atoms with Crippen molar-refractivity contribution in [3.05, 3.63) is 34.4 Å². The number of nitro benzene ring substituents is 1. The maximum atomic E-state index is 10.7. The molecule has 1 aliphatic rings. The van der Waals surface area contributed by atoms with E-state index in [-0.39, 0.29) is 35.8 Å². The number of hydrogen-bond donors (Lipinski definition) is 3. The average Bonchev–Trinajstić information content (AvgIpc) is 2.67. The number of nitro groups is 1. The molecule has 0 saturated carbocycles. The van der Waals surface area contributed by atoms with Crippen LogP contribution in [0.2, 0.25) is 0 Å². The van der Waals surface area contributed by atoms with E-state index in [1.54, 1.807) is 19.2 Å². The molecule has 0 aromatic heterocycles. The van der Waals surface area contributed by atoms with E-state index < -0.39 is 4.92 Å². The number of nitrogens with one attached hydrogen (secondary N) is 3. The van der Waals surface area contributed by atoms with Crippen LogP contribution >= 0.6 is 24.0 Å². The highest BCUT2D eigenvalue weighted by Crippen LogP contribution is 2.14. The van der Waals surface area contributed by atoms with Gasteiger partial charge in [-0.15, -0.1) is 24.0 Å². The zero-order chi connectivity index (χ0) is 20.4. The monoisotopic (exact) mass is 520 g/mol. The second kappa shape index (κ2) is 13.5. The summed E-state index contributed by atoms with van der Waals surface area (Å²) in [5, 5.41) is 20.5. The first-order valence-electron chi connectivity index (χ1n) is 9.74. The molecule has 0 aliphatic carbocycles. The Morgan fingerprint density at radius 3 is 2.66 bits per heavy atom. The highest BCUT2D eigenvalue weighted by atomic mass is 127. The van der Waals surface area contributed by atoms with Crippen LogP contribution in [0.5, 0.6) is 0 Å². The van der Waals surface area contributed by atoms with Crippen LogP contribution in [0.25, 0.3) is 0 Å². The number of aliphatic imine (C=N–C) groups is 1. The number of hydrogen-bond acceptors (Lipinski definition) is 6. The first kappa shape index (κ1) is 25.4. The third-order valence-electron chi connectivity index (χ3n) is 4.39. The third kappa shape index (κ3) is 9.59. The minimum atomic E-state index is -0.404. The second-order valence-electron chi connectivity index (χ2n) is 7.26. The van der Waals surface area contributed by atoms with Gasteiger partial charge in [0.25, 0.3) is 5.69 Å². The van der Waals surface area contributed by atoms with Gasteiger partial charge >= 0.3 is 0 Å². The van der Waals surface area contributed by atoms with Crippen molar-refractivity contribution in [2.24, 2.45) is 10.9 Å². The fourth-order valence-electron chi connectivity index (χ4n) is 3.11. The van der Waals surface area contributed by atoms with E-state index >= 15 is 0 Å². The summed E-state index contributed by atoms with van der Waals surface area (Å²) < 4.78 is 5.85. The van der Waals surface area contributed by atoms with Crippen LogP contribution < -0.4 is 16.0 Å². The van der Waals surface area contributed by atoms with E-state index in [2.05, 4.69) is 39.7 Å². The number of anilines is 1. The number of ether oxygens (including phenoxy) is 1. The van der Waals surface area contributed by atoms with Crippen LogP contribution in [-0.4, -0.2) is 74.8 Å². The maximum absolute atomic E-state index is 10.7. The molecule has 1 saturated heterocycles. The van der Waals surface area contributed by atoms with Gasteiger partial charge in [-0.2, -0.15) is 0 Å². The smallest absolute Gasteiger partial charge is 0.269 e. The van der Waals surface area contributed by atoms with E-state index in [0.29, 0.717) is 25.6 Å². The highest BCUT2D eigenvalue weighted by molar-refractivity contribution is 14.0. The van der Waals surface area contributed by atoms with Gasteiger partial charge < -0.3 is 20.7 Å². The molecule has 9 nitrogen and oxygen atoms in total. The largest absolute Gasteiger partial charge is 0.383 e. The lowest BCUT2D eigenvalue weighted by Gasteiger charge is -2.34. The summed E-state index contributed by atoms with van der Waals surface area (Å²) in [6.45, 7) is 10.3. The summed E-state index contributed by atoms with van der Waals surface area (Å²) in [6.07, 6.45) is 0.157. The quantitative estimate of drug-likeness (QED) is 0.115. The van der Waals surface area contributed by atoms with Crippen LogP contribution in [-0.2, 0) is 4.74 Å². The summed E-state index contributed by atoms with van der Waals surface area (Å²) in [7, 11) is 1.74. The third-order valence-corrected chi connectivity index (χ3v) is 4.39. The van der Waals surface area contributed by atoms with Gasteiger partial charge in [-0.1, -0.05) is 13.8 Å². The molecule has 164 valence electrons. The molecule has 0 amide bonds. The fraction of sp³-hybridized carbons (Fsp3) is 0.632. The van der Waals surface area contributed by atoms with E-state index in [0.717, 1.165) is 37.9 Å². The normalized spacial score (nSPS) is 17.5. The van der Waals surface area contributed by atoms with E-state index in [1.165, 1.54) is 12.1 Å². The van der Waals surface area contributed by atoms with Crippen LogP contribution in [0.15, 0.2) is 29.3 Å². The Balaban J connectivity index is 0.00000420. The van der Waals surface area contributed by atoms with Gasteiger partial charge in [-0.25, -0.2) is 0 Å². The standard InChI is InChI=1S/C19H32N6O3.HI/c1-15(2)13-24-10-11-28-18(14-24)12-23-19(20-3)22-9-8-21-16-4-6-17(7-5-16)25(26)27;/h4-7,15,18,21H,8-14H2,1-3H3,(H2,20,22,23);1H. The summed E-state index contributed by atoms with van der Waals surface area (Å²) in [5.41, 5.74) is 0.932. The van der Waals surface area contributed by atoms with Crippen molar-refractivity contribution < 1.29 is 9.66 Å². The van der Waals surface area contributed by atoms with Crippen molar-refractivity contribution in [2.45, 2.75) is 20.0 Å². The Hall–Kier alpha value is -1.66. The number of benzene rings is 1.